The Hall–Kier alpha value is -2.42. The third kappa shape index (κ3) is 2.33. The molecule has 3 nitrogen and oxygen atoms in total. The molecule has 1 heterocycles. The highest BCUT2D eigenvalue weighted by Crippen LogP contribution is 2.47. The van der Waals surface area contributed by atoms with Crippen molar-refractivity contribution in [2.45, 2.75) is 44.9 Å². The van der Waals surface area contributed by atoms with E-state index in [1.807, 2.05) is 0 Å². The van der Waals surface area contributed by atoms with Crippen LogP contribution < -0.4 is 0 Å². The summed E-state index contributed by atoms with van der Waals surface area (Å²) in [6.07, 6.45) is 4.66. The molecule has 0 radical (unpaired) electrons. The van der Waals surface area contributed by atoms with Crippen molar-refractivity contribution in [1.29, 1.82) is 0 Å². The lowest BCUT2D eigenvalue weighted by Gasteiger charge is -2.33. The SMILES string of the molecule is C[C@H]1Cc2c3ccc(c2[C@H]2C(=O)OC(=O)[C@H]21)CCc1ccc(cc1)CC3. The Kier molecular flexibility index (Phi) is 3.53. The fraction of sp³-hybridized carbons (Fsp3) is 0.391. The van der Waals surface area contributed by atoms with Crippen LogP contribution >= 0.6 is 0 Å². The third-order valence-corrected chi connectivity index (χ3v) is 6.47. The predicted octanol–water partition coefficient (Wildman–Crippen LogP) is 3.55. The largest absolute Gasteiger partial charge is 0.392 e. The summed E-state index contributed by atoms with van der Waals surface area (Å²) in [6, 6.07) is 13.3. The quantitative estimate of drug-likeness (QED) is 0.541. The zero-order valence-corrected chi connectivity index (χ0v) is 15.0. The summed E-state index contributed by atoms with van der Waals surface area (Å²) >= 11 is 0. The standard InChI is InChI=1S/C23H22O3/c1-13-12-18-16-8-6-14-2-4-15(5-3-14)7-9-17(11-10-16)20(18)21-19(13)22(24)26-23(21)25/h2-5,10-11,13,19,21H,6-9,12H2,1H3/t13-,19-,21-/m0/s1. The predicted molar refractivity (Wildman–Crippen MR) is 97.9 cm³/mol. The van der Waals surface area contributed by atoms with E-state index in [-0.39, 0.29) is 23.8 Å². The Bertz CT molecular complexity index is 910. The molecule has 0 amide bonds. The molecule has 5 aliphatic carbocycles. The molecule has 2 aromatic carbocycles. The smallest absolute Gasteiger partial charge is 0.321 e. The van der Waals surface area contributed by atoms with Gasteiger partial charge < -0.3 is 4.74 Å². The van der Waals surface area contributed by atoms with Crippen molar-refractivity contribution in [2.75, 3.05) is 0 Å². The van der Waals surface area contributed by atoms with Gasteiger partial charge in [0.2, 0.25) is 0 Å². The normalized spacial score (nSPS) is 26.7. The first-order chi connectivity index (χ1) is 12.6. The Morgan fingerprint density at radius 2 is 1.42 bits per heavy atom. The lowest BCUT2D eigenvalue weighted by atomic mass is 9.67. The Labute approximate surface area is 153 Å². The molecule has 8 rings (SSSR count). The van der Waals surface area contributed by atoms with E-state index in [9.17, 15) is 9.59 Å². The van der Waals surface area contributed by atoms with Crippen LogP contribution in [0.1, 0.15) is 46.2 Å². The molecule has 26 heavy (non-hydrogen) atoms. The number of carbonyl (C=O) groups excluding carboxylic acids is 2. The summed E-state index contributed by atoms with van der Waals surface area (Å²) in [5.41, 5.74) is 7.62. The second-order valence-corrected chi connectivity index (χ2v) is 8.02. The van der Waals surface area contributed by atoms with Crippen LogP contribution in [0.3, 0.4) is 0 Å². The minimum atomic E-state index is -0.403. The number of hydrogen-bond acceptors (Lipinski definition) is 3. The summed E-state index contributed by atoms with van der Waals surface area (Å²) in [5, 5.41) is 0. The number of rotatable bonds is 0. The zero-order valence-electron chi connectivity index (χ0n) is 15.0. The average Bonchev–Trinajstić information content (AvgIpc) is 2.92. The van der Waals surface area contributed by atoms with Crippen molar-refractivity contribution in [1.82, 2.24) is 0 Å². The number of ether oxygens (including phenoxy) is 1. The molecule has 1 aliphatic heterocycles. The van der Waals surface area contributed by atoms with E-state index in [0.29, 0.717) is 0 Å². The van der Waals surface area contributed by atoms with Crippen LogP contribution in [0.15, 0.2) is 36.4 Å². The van der Waals surface area contributed by atoms with E-state index in [1.54, 1.807) is 0 Å². The minimum absolute atomic E-state index is 0.145. The molecular formula is C23H22O3. The molecule has 1 saturated heterocycles. The highest BCUT2D eigenvalue weighted by molar-refractivity contribution is 6.00. The fourth-order valence-electron chi connectivity index (χ4n) is 5.09. The first-order valence-corrected chi connectivity index (χ1v) is 9.58. The van der Waals surface area contributed by atoms with Crippen LogP contribution in [0.2, 0.25) is 0 Å². The van der Waals surface area contributed by atoms with Crippen molar-refractivity contribution < 1.29 is 14.3 Å². The minimum Gasteiger partial charge on any atom is -0.392 e. The van der Waals surface area contributed by atoms with Crippen LogP contribution in [-0.2, 0) is 46.4 Å². The molecular weight excluding hydrogens is 324 g/mol. The van der Waals surface area contributed by atoms with Crippen molar-refractivity contribution in [3.63, 3.8) is 0 Å². The van der Waals surface area contributed by atoms with E-state index in [1.165, 1.54) is 27.8 Å². The molecule has 0 unspecified atom stereocenters. The highest BCUT2D eigenvalue weighted by atomic mass is 16.6. The van der Waals surface area contributed by atoms with Crippen LogP contribution in [-0.4, -0.2) is 11.9 Å². The van der Waals surface area contributed by atoms with Crippen molar-refractivity contribution in [3.8, 4) is 0 Å². The first-order valence-electron chi connectivity index (χ1n) is 9.58. The number of aryl methyl sites for hydroxylation is 4. The molecule has 3 heteroatoms. The summed E-state index contributed by atoms with van der Waals surface area (Å²) in [7, 11) is 0. The maximum absolute atomic E-state index is 12.5. The van der Waals surface area contributed by atoms with Gasteiger partial charge >= 0.3 is 11.9 Å². The monoisotopic (exact) mass is 346 g/mol. The van der Waals surface area contributed by atoms with Crippen LogP contribution in [0, 0.1) is 11.8 Å². The Morgan fingerprint density at radius 1 is 0.808 bits per heavy atom. The Morgan fingerprint density at radius 3 is 2.12 bits per heavy atom. The van der Waals surface area contributed by atoms with E-state index in [0.717, 1.165) is 37.7 Å². The van der Waals surface area contributed by atoms with Gasteiger partial charge in [-0.25, -0.2) is 0 Å². The zero-order chi connectivity index (χ0) is 17.8. The topological polar surface area (TPSA) is 43.4 Å². The molecule has 2 aromatic rings. The lowest BCUT2D eigenvalue weighted by Crippen LogP contribution is -2.32. The van der Waals surface area contributed by atoms with Gasteiger partial charge in [-0.2, -0.15) is 0 Å². The fourth-order valence-corrected chi connectivity index (χ4v) is 5.09. The number of esters is 2. The molecule has 6 aliphatic rings. The second kappa shape index (κ2) is 5.80. The molecule has 0 saturated carbocycles. The molecule has 1 fully saturated rings. The number of hydrogen-bond donors (Lipinski definition) is 0. The van der Waals surface area contributed by atoms with Crippen molar-refractivity contribution in [3.05, 3.63) is 69.8 Å². The van der Waals surface area contributed by atoms with Gasteiger partial charge in [-0.15, -0.1) is 0 Å². The van der Waals surface area contributed by atoms with E-state index in [4.69, 9.17) is 4.74 Å². The molecule has 3 atom stereocenters. The van der Waals surface area contributed by atoms with Crippen LogP contribution in [0.5, 0.6) is 0 Å². The molecule has 4 bridgehead atoms. The summed E-state index contributed by atoms with van der Waals surface area (Å²) in [4.78, 5) is 24.8. The number of carbonyl (C=O) groups is 2. The third-order valence-electron chi connectivity index (χ3n) is 6.47. The second-order valence-electron chi connectivity index (χ2n) is 8.02. The molecule has 0 aromatic heterocycles. The van der Waals surface area contributed by atoms with Gasteiger partial charge in [-0.05, 0) is 71.4 Å². The maximum atomic E-state index is 12.5. The van der Waals surface area contributed by atoms with Crippen molar-refractivity contribution in [2.24, 2.45) is 11.8 Å². The molecule has 0 spiro atoms. The summed E-state index contributed by atoms with van der Waals surface area (Å²) < 4.78 is 5.07. The van der Waals surface area contributed by atoms with Crippen molar-refractivity contribution >= 4 is 11.9 Å². The summed E-state index contributed by atoms with van der Waals surface area (Å²) in [5.74, 6) is -1.24. The maximum Gasteiger partial charge on any atom is 0.321 e. The molecule has 132 valence electrons. The average molecular weight is 346 g/mol. The van der Waals surface area contributed by atoms with Crippen LogP contribution in [0.4, 0.5) is 0 Å². The van der Waals surface area contributed by atoms with E-state index in [2.05, 4.69) is 43.3 Å². The van der Waals surface area contributed by atoms with E-state index < -0.39 is 5.92 Å². The van der Waals surface area contributed by atoms with Gasteiger partial charge in [-0.1, -0.05) is 43.3 Å². The number of fused-ring (bicyclic) bond motifs is 1. The summed E-state index contributed by atoms with van der Waals surface area (Å²) in [6.45, 7) is 2.08. The number of benzene rings is 2. The van der Waals surface area contributed by atoms with Gasteiger partial charge in [0.1, 0.15) is 0 Å². The molecule has 0 N–H and O–H groups in total. The van der Waals surface area contributed by atoms with Gasteiger partial charge in [0.15, 0.2) is 0 Å². The van der Waals surface area contributed by atoms with E-state index >= 15 is 0 Å². The highest BCUT2D eigenvalue weighted by Gasteiger charge is 2.52. The van der Waals surface area contributed by atoms with Gasteiger partial charge in [0, 0.05) is 0 Å². The number of cyclic esters (lactones) is 2. The van der Waals surface area contributed by atoms with Gasteiger partial charge in [0.05, 0.1) is 11.8 Å². The van der Waals surface area contributed by atoms with Gasteiger partial charge in [-0.3, -0.25) is 9.59 Å². The van der Waals surface area contributed by atoms with Gasteiger partial charge in [0.25, 0.3) is 0 Å². The lowest BCUT2D eigenvalue weighted by molar-refractivity contribution is -0.153. The van der Waals surface area contributed by atoms with Crippen LogP contribution in [0.25, 0.3) is 0 Å². The first kappa shape index (κ1) is 15.8. The Balaban J connectivity index is 1.67.